The average Bonchev–Trinajstić information content (AvgIpc) is 3.01. The largest absolute Gasteiger partial charge is 0.370 e. The molecule has 2 aromatic rings. The zero-order valence-electron chi connectivity index (χ0n) is 14.1. The van der Waals surface area contributed by atoms with E-state index < -0.39 is 0 Å². The molecule has 126 valence electrons. The summed E-state index contributed by atoms with van der Waals surface area (Å²) in [5, 5.41) is 0. The summed E-state index contributed by atoms with van der Waals surface area (Å²) in [6.07, 6.45) is 7.09. The van der Waals surface area contributed by atoms with Gasteiger partial charge in [0.15, 0.2) is 0 Å². The number of pyridine rings is 2. The Hall–Kier alpha value is -2.27. The zero-order chi connectivity index (χ0) is 16.9. The van der Waals surface area contributed by atoms with Crippen LogP contribution in [-0.4, -0.2) is 27.3 Å². The van der Waals surface area contributed by atoms with Crippen LogP contribution >= 0.6 is 0 Å². The Morgan fingerprint density at radius 3 is 3.00 bits per heavy atom. The molecule has 3 rings (SSSR count). The van der Waals surface area contributed by atoms with Crippen molar-refractivity contribution < 1.29 is 4.79 Å². The molecule has 2 N–H and O–H groups in total. The molecule has 1 atom stereocenters. The maximum absolute atomic E-state index is 11.0. The number of nitrogens with zero attached hydrogens (tertiary/aromatic N) is 3. The molecule has 0 radical (unpaired) electrons. The van der Waals surface area contributed by atoms with Crippen molar-refractivity contribution in [2.45, 2.75) is 45.2 Å². The number of primary amides is 1. The second kappa shape index (κ2) is 7.53. The fourth-order valence-electron chi connectivity index (χ4n) is 3.43. The van der Waals surface area contributed by atoms with Crippen LogP contribution in [-0.2, 0) is 17.8 Å². The van der Waals surface area contributed by atoms with E-state index in [-0.39, 0.29) is 5.91 Å². The highest BCUT2D eigenvalue weighted by molar-refractivity contribution is 5.74. The van der Waals surface area contributed by atoms with Crippen LogP contribution in [0.15, 0.2) is 36.7 Å². The lowest BCUT2D eigenvalue weighted by Crippen LogP contribution is -2.24. The molecule has 0 bridgehead atoms. The van der Waals surface area contributed by atoms with Gasteiger partial charge in [0.1, 0.15) is 0 Å². The summed E-state index contributed by atoms with van der Waals surface area (Å²) in [5.41, 5.74) is 9.76. The fraction of sp³-hybridized carbons (Fsp3) is 0.421. The summed E-state index contributed by atoms with van der Waals surface area (Å²) in [4.78, 5) is 22.5. The van der Waals surface area contributed by atoms with E-state index in [4.69, 9.17) is 10.7 Å². The van der Waals surface area contributed by atoms with Crippen molar-refractivity contribution in [1.29, 1.82) is 0 Å². The second-order valence-electron chi connectivity index (χ2n) is 6.50. The highest BCUT2D eigenvalue weighted by Gasteiger charge is 2.27. The Labute approximate surface area is 142 Å². The molecule has 1 saturated heterocycles. The molecule has 0 aliphatic carbocycles. The molecule has 5 heteroatoms. The van der Waals surface area contributed by atoms with Crippen molar-refractivity contribution in [2.24, 2.45) is 5.73 Å². The maximum atomic E-state index is 11.0. The average molecular weight is 324 g/mol. The third kappa shape index (κ3) is 4.17. The van der Waals surface area contributed by atoms with E-state index in [0.717, 1.165) is 36.5 Å². The lowest BCUT2D eigenvalue weighted by atomic mass is 10.0. The summed E-state index contributed by atoms with van der Waals surface area (Å²) in [5.74, 6) is -0.259. The van der Waals surface area contributed by atoms with E-state index in [9.17, 15) is 4.79 Å². The molecule has 1 fully saturated rings. The molecule has 2 aromatic heterocycles. The van der Waals surface area contributed by atoms with Gasteiger partial charge in [-0.25, -0.2) is 0 Å². The molecule has 0 saturated carbocycles. The molecular weight excluding hydrogens is 300 g/mol. The van der Waals surface area contributed by atoms with E-state index >= 15 is 0 Å². The van der Waals surface area contributed by atoms with Crippen molar-refractivity contribution >= 4 is 5.91 Å². The minimum absolute atomic E-state index is 0.259. The number of hydrogen-bond donors (Lipinski definition) is 1. The highest BCUT2D eigenvalue weighted by Crippen LogP contribution is 2.32. The molecule has 3 heterocycles. The SMILES string of the molecule is Cc1cc(CCC(N)=O)cc([C@@H]2CCCN2Cc2cccnc2)n1. The van der Waals surface area contributed by atoms with Crippen LogP contribution < -0.4 is 5.73 Å². The van der Waals surface area contributed by atoms with E-state index in [1.165, 1.54) is 12.0 Å². The molecule has 1 aliphatic rings. The van der Waals surface area contributed by atoms with Crippen molar-refractivity contribution in [2.75, 3.05) is 6.54 Å². The Morgan fingerprint density at radius 2 is 2.25 bits per heavy atom. The third-order valence-corrected chi connectivity index (χ3v) is 4.51. The smallest absolute Gasteiger partial charge is 0.217 e. The van der Waals surface area contributed by atoms with Gasteiger partial charge in [-0.15, -0.1) is 0 Å². The van der Waals surface area contributed by atoms with Crippen LogP contribution in [0.2, 0.25) is 0 Å². The monoisotopic (exact) mass is 324 g/mol. The fourth-order valence-corrected chi connectivity index (χ4v) is 3.43. The van der Waals surface area contributed by atoms with Gasteiger partial charge in [-0.05, 0) is 62.1 Å². The molecular formula is C19H24N4O. The topological polar surface area (TPSA) is 72.1 Å². The lowest BCUT2D eigenvalue weighted by molar-refractivity contribution is -0.117. The van der Waals surface area contributed by atoms with E-state index in [1.807, 2.05) is 25.3 Å². The Bertz CT molecular complexity index is 702. The van der Waals surface area contributed by atoms with Gasteiger partial charge in [-0.1, -0.05) is 6.07 Å². The van der Waals surface area contributed by atoms with Crippen LogP contribution in [0, 0.1) is 6.92 Å². The Kier molecular flexibility index (Phi) is 5.20. The number of aryl methyl sites for hydroxylation is 2. The van der Waals surface area contributed by atoms with Crippen LogP contribution in [0.25, 0.3) is 0 Å². The molecule has 1 aliphatic heterocycles. The van der Waals surface area contributed by atoms with Gasteiger partial charge in [-0.3, -0.25) is 19.7 Å². The van der Waals surface area contributed by atoms with Gasteiger partial charge in [0.05, 0.1) is 11.7 Å². The maximum Gasteiger partial charge on any atom is 0.217 e. The van der Waals surface area contributed by atoms with Crippen molar-refractivity contribution in [3.63, 3.8) is 0 Å². The summed E-state index contributed by atoms with van der Waals surface area (Å²) in [7, 11) is 0. The van der Waals surface area contributed by atoms with Crippen molar-refractivity contribution in [3.8, 4) is 0 Å². The number of rotatable bonds is 6. The van der Waals surface area contributed by atoms with Gasteiger partial charge < -0.3 is 5.73 Å². The number of amides is 1. The molecule has 0 unspecified atom stereocenters. The number of likely N-dealkylation sites (tertiary alicyclic amines) is 1. The number of hydrogen-bond acceptors (Lipinski definition) is 4. The molecule has 0 aromatic carbocycles. The molecule has 1 amide bonds. The predicted molar refractivity (Wildman–Crippen MR) is 93.1 cm³/mol. The molecule has 5 nitrogen and oxygen atoms in total. The van der Waals surface area contributed by atoms with Crippen LogP contribution in [0.4, 0.5) is 0 Å². The van der Waals surface area contributed by atoms with Crippen molar-refractivity contribution in [1.82, 2.24) is 14.9 Å². The minimum Gasteiger partial charge on any atom is -0.370 e. The van der Waals surface area contributed by atoms with Gasteiger partial charge >= 0.3 is 0 Å². The second-order valence-corrected chi connectivity index (χ2v) is 6.50. The van der Waals surface area contributed by atoms with E-state index in [2.05, 4.69) is 22.0 Å². The predicted octanol–water partition coefficient (Wildman–Crippen LogP) is 2.54. The first-order chi connectivity index (χ1) is 11.6. The van der Waals surface area contributed by atoms with E-state index in [1.54, 1.807) is 6.20 Å². The van der Waals surface area contributed by atoms with Gasteiger partial charge in [0, 0.05) is 31.1 Å². The summed E-state index contributed by atoms with van der Waals surface area (Å²) in [6, 6.07) is 8.62. The third-order valence-electron chi connectivity index (χ3n) is 4.51. The number of nitrogens with two attached hydrogens (primary N) is 1. The van der Waals surface area contributed by atoms with Crippen LogP contribution in [0.3, 0.4) is 0 Å². The van der Waals surface area contributed by atoms with E-state index in [0.29, 0.717) is 18.9 Å². The van der Waals surface area contributed by atoms with Crippen molar-refractivity contribution in [3.05, 3.63) is 59.2 Å². The highest BCUT2D eigenvalue weighted by atomic mass is 16.1. The van der Waals surface area contributed by atoms with Gasteiger partial charge in [-0.2, -0.15) is 0 Å². The molecule has 0 spiro atoms. The summed E-state index contributed by atoms with van der Waals surface area (Å²) < 4.78 is 0. The van der Waals surface area contributed by atoms with Gasteiger partial charge in [0.2, 0.25) is 5.91 Å². The Balaban J connectivity index is 1.77. The first kappa shape index (κ1) is 16.6. The molecule has 24 heavy (non-hydrogen) atoms. The quantitative estimate of drug-likeness (QED) is 0.886. The lowest BCUT2D eigenvalue weighted by Gasteiger charge is -2.24. The normalized spacial score (nSPS) is 18.0. The first-order valence-corrected chi connectivity index (χ1v) is 8.50. The summed E-state index contributed by atoms with van der Waals surface area (Å²) in [6.45, 7) is 3.98. The standard InChI is InChI=1S/C19H24N4O/c1-14-10-15(6-7-19(20)24)11-17(22-14)18-5-3-9-23(18)13-16-4-2-8-21-12-16/h2,4,8,10-12,18H,3,5-7,9,13H2,1H3,(H2,20,24)/t18-/m0/s1. The van der Waals surface area contributed by atoms with Crippen LogP contribution in [0.1, 0.15) is 47.8 Å². The van der Waals surface area contributed by atoms with Gasteiger partial charge in [0.25, 0.3) is 0 Å². The summed E-state index contributed by atoms with van der Waals surface area (Å²) >= 11 is 0. The van der Waals surface area contributed by atoms with Crippen LogP contribution in [0.5, 0.6) is 0 Å². The number of carbonyl (C=O) groups is 1. The zero-order valence-corrected chi connectivity index (χ0v) is 14.1. The number of carbonyl (C=O) groups excluding carboxylic acids is 1. The first-order valence-electron chi connectivity index (χ1n) is 8.50. The Morgan fingerprint density at radius 1 is 1.38 bits per heavy atom. The minimum atomic E-state index is -0.259. The number of aromatic nitrogens is 2.